The first-order valence-electron chi connectivity index (χ1n) is 9.63. The molecule has 1 N–H and O–H groups in total. The van der Waals surface area contributed by atoms with Crippen LogP contribution in [-0.4, -0.2) is 63.8 Å². The summed E-state index contributed by atoms with van der Waals surface area (Å²) in [4.78, 5) is 38.7. The van der Waals surface area contributed by atoms with E-state index in [9.17, 15) is 9.59 Å². The smallest absolute Gasteiger partial charge is 0.313 e. The van der Waals surface area contributed by atoms with Crippen molar-refractivity contribution in [3.05, 3.63) is 10.9 Å². The molecule has 1 aliphatic heterocycles. The maximum Gasteiger partial charge on any atom is 0.313 e. The number of nitrogens with zero attached hydrogens (tertiary/aromatic N) is 4. The number of terminal acetylenes is 1. The van der Waals surface area contributed by atoms with Gasteiger partial charge in [-0.2, -0.15) is 0 Å². The highest BCUT2D eigenvalue weighted by molar-refractivity contribution is 7.99. The first-order chi connectivity index (χ1) is 14.0. The van der Waals surface area contributed by atoms with Crippen LogP contribution in [0.4, 0.5) is 5.82 Å². The van der Waals surface area contributed by atoms with E-state index in [1.54, 1.807) is 11.3 Å². The zero-order valence-corrected chi connectivity index (χ0v) is 18.0. The Balaban J connectivity index is 1.76. The molecule has 1 fully saturated rings. The van der Waals surface area contributed by atoms with Crippen molar-refractivity contribution in [2.24, 2.45) is 0 Å². The van der Waals surface area contributed by atoms with Crippen molar-refractivity contribution >= 4 is 51.0 Å². The Bertz CT molecular complexity index is 930. The predicted molar refractivity (Wildman–Crippen MR) is 117 cm³/mol. The molecule has 29 heavy (non-hydrogen) atoms. The van der Waals surface area contributed by atoms with Crippen LogP contribution in [0.1, 0.15) is 31.1 Å². The zero-order valence-electron chi connectivity index (χ0n) is 16.4. The molecule has 154 valence electrons. The minimum Gasteiger partial charge on any atom is -0.481 e. The molecule has 0 radical (unpaired) electrons. The van der Waals surface area contributed by atoms with Crippen molar-refractivity contribution in [3.8, 4) is 12.3 Å². The van der Waals surface area contributed by atoms with Crippen LogP contribution in [0.5, 0.6) is 0 Å². The molecule has 7 nitrogen and oxygen atoms in total. The molecule has 1 amide bonds. The van der Waals surface area contributed by atoms with Gasteiger partial charge in [-0.1, -0.05) is 18.7 Å². The molecule has 0 unspecified atom stereocenters. The molecular formula is C20H24N4O3S2. The Morgan fingerprint density at radius 1 is 1.31 bits per heavy atom. The Morgan fingerprint density at radius 3 is 2.72 bits per heavy atom. The van der Waals surface area contributed by atoms with Gasteiger partial charge in [-0.05, 0) is 18.9 Å². The third kappa shape index (κ3) is 5.40. The SMILES string of the molecule is C#CCCCC(=O)N1CCN(c2nc(SCC(=O)O)nc3sc(CC)cc23)CC1. The number of aromatic nitrogens is 2. The van der Waals surface area contributed by atoms with E-state index in [0.717, 1.165) is 40.6 Å². The number of hydrogen-bond acceptors (Lipinski definition) is 7. The molecule has 3 rings (SSSR count). The highest BCUT2D eigenvalue weighted by atomic mass is 32.2. The largest absolute Gasteiger partial charge is 0.481 e. The second-order valence-corrected chi connectivity index (χ2v) is 8.78. The summed E-state index contributed by atoms with van der Waals surface area (Å²) in [6, 6.07) is 2.12. The molecule has 1 aliphatic rings. The van der Waals surface area contributed by atoms with Gasteiger partial charge >= 0.3 is 5.97 Å². The van der Waals surface area contributed by atoms with E-state index < -0.39 is 5.97 Å². The molecule has 0 aromatic carbocycles. The first-order valence-corrected chi connectivity index (χ1v) is 11.4. The quantitative estimate of drug-likeness (QED) is 0.297. The number of carboxylic acid groups (broad SMARTS) is 1. The van der Waals surface area contributed by atoms with Crippen molar-refractivity contribution < 1.29 is 14.7 Å². The number of amides is 1. The number of rotatable bonds is 8. The van der Waals surface area contributed by atoms with E-state index in [-0.39, 0.29) is 11.7 Å². The second-order valence-electron chi connectivity index (χ2n) is 6.72. The maximum absolute atomic E-state index is 12.3. The number of unbranched alkanes of at least 4 members (excludes halogenated alkanes) is 1. The summed E-state index contributed by atoms with van der Waals surface area (Å²) in [7, 11) is 0. The van der Waals surface area contributed by atoms with Gasteiger partial charge in [0.2, 0.25) is 5.91 Å². The highest BCUT2D eigenvalue weighted by Gasteiger charge is 2.24. The molecule has 2 aromatic heterocycles. The lowest BCUT2D eigenvalue weighted by Gasteiger charge is -2.35. The summed E-state index contributed by atoms with van der Waals surface area (Å²) in [6.45, 7) is 4.76. The molecule has 0 bridgehead atoms. The third-order valence-electron chi connectivity index (χ3n) is 4.72. The fourth-order valence-electron chi connectivity index (χ4n) is 3.21. The number of carboxylic acids is 1. The minimum absolute atomic E-state index is 0.0725. The topological polar surface area (TPSA) is 86.6 Å². The van der Waals surface area contributed by atoms with Gasteiger partial charge in [-0.15, -0.1) is 23.7 Å². The van der Waals surface area contributed by atoms with Crippen molar-refractivity contribution in [2.75, 3.05) is 36.8 Å². The van der Waals surface area contributed by atoms with Crippen molar-refractivity contribution in [1.29, 1.82) is 0 Å². The van der Waals surface area contributed by atoms with Gasteiger partial charge in [0.15, 0.2) is 5.16 Å². The third-order valence-corrected chi connectivity index (χ3v) is 6.73. The van der Waals surface area contributed by atoms with Crippen molar-refractivity contribution in [1.82, 2.24) is 14.9 Å². The average Bonchev–Trinajstić information content (AvgIpc) is 3.15. The van der Waals surface area contributed by atoms with Crippen LogP contribution >= 0.6 is 23.1 Å². The fraction of sp³-hybridized carbons (Fsp3) is 0.500. The number of carbonyl (C=O) groups excluding carboxylic acids is 1. The van der Waals surface area contributed by atoms with Gasteiger partial charge in [0.1, 0.15) is 10.6 Å². The standard InChI is InChI=1S/C20H24N4O3S2/c1-3-5-6-7-16(25)23-8-10-24(11-9-23)18-15-12-14(4-2)29-19(15)22-20(21-18)28-13-17(26)27/h1,12H,4-11,13H2,2H3,(H,26,27). The molecule has 2 aromatic rings. The lowest BCUT2D eigenvalue weighted by molar-refractivity contribution is -0.134. The van der Waals surface area contributed by atoms with Crippen LogP contribution in [0.3, 0.4) is 0 Å². The summed E-state index contributed by atoms with van der Waals surface area (Å²) in [5, 5.41) is 10.5. The molecule has 9 heteroatoms. The van der Waals surface area contributed by atoms with Crippen LogP contribution < -0.4 is 4.90 Å². The predicted octanol–water partition coefficient (Wildman–Crippen LogP) is 2.88. The van der Waals surface area contributed by atoms with E-state index in [1.165, 1.54) is 4.88 Å². The molecule has 0 spiro atoms. The number of hydrogen-bond donors (Lipinski definition) is 1. The van der Waals surface area contributed by atoms with Crippen molar-refractivity contribution in [2.45, 2.75) is 37.8 Å². The van der Waals surface area contributed by atoms with Crippen LogP contribution in [0, 0.1) is 12.3 Å². The van der Waals surface area contributed by atoms with Gasteiger partial charge in [0.05, 0.1) is 11.1 Å². The average molecular weight is 433 g/mol. The molecule has 0 aliphatic carbocycles. The van der Waals surface area contributed by atoms with Gasteiger partial charge in [0, 0.05) is 43.9 Å². The fourth-order valence-corrected chi connectivity index (χ4v) is 4.79. The number of aliphatic carboxylic acids is 1. The Hall–Kier alpha value is -2.31. The summed E-state index contributed by atoms with van der Waals surface area (Å²) < 4.78 is 0. The molecule has 1 saturated heterocycles. The van der Waals surface area contributed by atoms with E-state index in [1.807, 2.05) is 4.90 Å². The van der Waals surface area contributed by atoms with Crippen LogP contribution in [0.15, 0.2) is 11.2 Å². The number of thioether (sulfide) groups is 1. The number of thiophene rings is 1. The number of carbonyl (C=O) groups is 2. The highest BCUT2D eigenvalue weighted by Crippen LogP contribution is 2.33. The molecule has 3 heterocycles. The van der Waals surface area contributed by atoms with Crippen molar-refractivity contribution in [3.63, 3.8) is 0 Å². The number of piperazine rings is 1. The maximum atomic E-state index is 12.3. The molecule has 0 saturated carbocycles. The van der Waals surface area contributed by atoms with Gasteiger partial charge in [-0.3, -0.25) is 9.59 Å². The molecular weight excluding hydrogens is 408 g/mol. The van der Waals surface area contributed by atoms with E-state index in [2.05, 4.69) is 33.8 Å². The second kappa shape index (κ2) is 9.94. The van der Waals surface area contributed by atoms with Crippen LogP contribution in [0.2, 0.25) is 0 Å². The van der Waals surface area contributed by atoms with E-state index in [0.29, 0.717) is 44.2 Å². The summed E-state index contributed by atoms with van der Waals surface area (Å²) >= 11 is 2.75. The van der Waals surface area contributed by atoms with Gasteiger partial charge in [-0.25, -0.2) is 9.97 Å². The Labute approximate surface area is 178 Å². The molecule has 0 atom stereocenters. The van der Waals surface area contributed by atoms with Crippen LogP contribution in [-0.2, 0) is 16.0 Å². The zero-order chi connectivity index (χ0) is 20.8. The van der Waals surface area contributed by atoms with Crippen LogP contribution in [0.25, 0.3) is 10.2 Å². The Kier molecular flexibility index (Phi) is 7.34. The van der Waals surface area contributed by atoms with E-state index in [4.69, 9.17) is 11.5 Å². The van der Waals surface area contributed by atoms with E-state index >= 15 is 0 Å². The monoisotopic (exact) mass is 432 g/mol. The summed E-state index contributed by atoms with van der Waals surface area (Å²) in [5.41, 5.74) is 0. The number of aryl methyl sites for hydroxylation is 1. The first kappa shape index (κ1) is 21.4. The normalized spacial score (nSPS) is 14.2. The summed E-state index contributed by atoms with van der Waals surface area (Å²) in [5.74, 6) is 2.59. The van der Waals surface area contributed by atoms with Gasteiger partial charge < -0.3 is 14.9 Å². The minimum atomic E-state index is -0.891. The Morgan fingerprint density at radius 2 is 2.07 bits per heavy atom. The number of fused-ring (bicyclic) bond motifs is 1. The lowest BCUT2D eigenvalue weighted by atomic mass is 10.2. The lowest BCUT2D eigenvalue weighted by Crippen LogP contribution is -2.49. The van der Waals surface area contributed by atoms with Gasteiger partial charge in [0.25, 0.3) is 0 Å². The summed E-state index contributed by atoms with van der Waals surface area (Å²) in [6.07, 6.45) is 8.01. The number of anilines is 1.